The lowest BCUT2D eigenvalue weighted by Gasteiger charge is -2.07. The molecule has 7 heteroatoms. The van der Waals surface area contributed by atoms with Gasteiger partial charge in [0.05, 0.1) is 5.92 Å². The highest BCUT2D eigenvalue weighted by molar-refractivity contribution is 5.75. The zero-order valence-corrected chi connectivity index (χ0v) is 12.2. The SMILES string of the molecule is C[C@@H]1C[C@H]1C(=O)OCc1nc(N)nc(Nc2ccccc2)n1. The zero-order chi connectivity index (χ0) is 15.5. The number of aromatic nitrogens is 3. The van der Waals surface area contributed by atoms with Gasteiger partial charge in [0.2, 0.25) is 11.9 Å². The van der Waals surface area contributed by atoms with E-state index in [1.807, 2.05) is 37.3 Å². The zero-order valence-electron chi connectivity index (χ0n) is 12.2. The van der Waals surface area contributed by atoms with E-state index in [0.717, 1.165) is 12.1 Å². The van der Waals surface area contributed by atoms with Gasteiger partial charge < -0.3 is 15.8 Å². The van der Waals surface area contributed by atoms with Crippen LogP contribution < -0.4 is 11.1 Å². The van der Waals surface area contributed by atoms with E-state index in [4.69, 9.17) is 10.5 Å². The highest BCUT2D eigenvalue weighted by atomic mass is 16.5. The molecule has 0 spiro atoms. The summed E-state index contributed by atoms with van der Waals surface area (Å²) in [6, 6.07) is 9.47. The van der Waals surface area contributed by atoms with Gasteiger partial charge in [0.15, 0.2) is 12.4 Å². The van der Waals surface area contributed by atoms with Crippen LogP contribution >= 0.6 is 0 Å². The molecule has 0 unspecified atom stereocenters. The maximum atomic E-state index is 11.7. The van der Waals surface area contributed by atoms with Gasteiger partial charge >= 0.3 is 5.97 Å². The van der Waals surface area contributed by atoms with Crippen molar-refractivity contribution < 1.29 is 9.53 Å². The number of hydrogen-bond acceptors (Lipinski definition) is 7. The van der Waals surface area contributed by atoms with Crippen molar-refractivity contribution in [1.29, 1.82) is 0 Å². The molecule has 0 saturated heterocycles. The van der Waals surface area contributed by atoms with Crippen molar-refractivity contribution >= 4 is 23.6 Å². The molecular formula is C15H17N5O2. The van der Waals surface area contributed by atoms with Gasteiger partial charge in [0.1, 0.15) is 0 Å². The second-order valence-electron chi connectivity index (χ2n) is 5.35. The van der Waals surface area contributed by atoms with E-state index in [-0.39, 0.29) is 24.4 Å². The summed E-state index contributed by atoms with van der Waals surface area (Å²) in [5, 5.41) is 3.03. The fraction of sp³-hybridized carbons (Fsp3) is 0.333. The summed E-state index contributed by atoms with van der Waals surface area (Å²) in [4.78, 5) is 23.9. The fourth-order valence-electron chi connectivity index (χ4n) is 2.10. The van der Waals surface area contributed by atoms with Crippen molar-refractivity contribution in [3.8, 4) is 0 Å². The fourth-order valence-corrected chi connectivity index (χ4v) is 2.10. The number of carbonyl (C=O) groups is 1. The Labute approximate surface area is 127 Å². The number of ether oxygens (including phenoxy) is 1. The van der Waals surface area contributed by atoms with Gasteiger partial charge in [-0.3, -0.25) is 4.79 Å². The first-order chi connectivity index (χ1) is 10.6. The van der Waals surface area contributed by atoms with Crippen LogP contribution in [0.3, 0.4) is 0 Å². The maximum absolute atomic E-state index is 11.7. The quantitative estimate of drug-likeness (QED) is 0.812. The van der Waals surface area contributed by atoms with Crippen LogP contribution in [0.5, 0.6) is 0 Å². The van der Waals surface area contributed by atoms with Crippen molar-refractivity contribution in [2.75, 3.05) is 11.1 Å². The molecule has 1 heterocycles. The number of rotatable bonds is 5. The molecule has 1 fully saturated rings. The van der Waals surface area contributed by atoms with Gasteiger partial charge in [-0.05, 0) is 24.5 Å². The van der Waals surface area contributed by atoms with Crippen molar-refractivity contribution in [3.63, 3.8) is 0 Å². The summed E-state index contributed by atoms with van der Waals surface area (Å²) in [6.07, 6.45) is 0.888. The van der Waals surface area contributed by atoms with Crippen LogP contribution in [0.15, 0.2) is 30.3 Å². The normalized spacial score (nSPS) is 19.5. The summed E-state index contributed by atoms with van der Waals surface area (Å²) in [6.45, 7) is 2.02. The first kappa shape index (κ1) is 14.2. The number of anilines is 3. The Morgan fingerprint density at radius 1 is 1.32 bits per heavy atom. The Kier molecular flexibility index (Phi) is 3.86. The third-order valence-corrected chi connectivity index (χ3v) is 3.48. The number of nitrogens with two attached hydrogens (primary N) is 1. The van der Waals surface area contributed by atoms with Crippen LogP contribution in [-0.4, -0.2) is 20.9 Å². The molecule has 1 saturated carbocycles. The number of hydrogen-bond donors (Lipinski definition) is 2. The van der Waals surface area contributed by atoms with E-state index >= 15 is 0 Å². The van der Waals surface area contributed by atoms with E-state index in [0.29, 0.717) is 17.7 Å². The van der Waals surface area contributed by atoms with Crippen LogP contribution in [0.2, 0.25) is 0 Å². The van der Waals surface area contributed by atoms with E-state index in [1.54, 1.807) is 0 Å². The minimum Gasteiger partial charge on any atom is -0.457 e. The van der Waals surface area contributed by atoms with Crippen LogP contribution in [0.25, 0.3) is 0 Å². The molecule has 2 atom stereocenters. The predicted molar refractivity (Wildman–Crippen MR) is 81.0 cm³/mol. The molecule has 1 aliphatic rings. The summed E-state index contributed by atoms with van der Waals surface area (Å²) in [7, 11) is 0. The second-order valence-corrected chi connectivity index (χ2v) is 5.35. The van der Waals surface area contributed by atoms with E-state index < -0.39 is 0 Å². The second kappa shape index (κ2) is 5.97. The van der Waals surface area contributed by atoms with Crippen LogP contribution in [0.4, 0.5) is 17.6 Å². The summed E-state index contributed by atoms with van der Waals surface area (Å²) in [5.74, 6) is 0.952. The number of para-hydroxylation sites is 1. The van der Waals surface area contributed by atoms with Crippen molar-refractivity contribution in [2.45, 2.75) is 20.0 Å². The van der Waals surface area contributed by atoms with Gasteiger partial charge in [-0.2, -0.15) is 15.0 Å². The van der Waals surface area contributed by atoms with E-state index in [9.17, 15) is 4.79 Å². The van der Waals surface area contributed by atoms with E-state index in [1.165, 1.54) is 0 Å². The van der Waals surface area contributed by atoms with Crippen molar-refractivity contribution in [1.82, 2.24) is 15.0 Å². The smallest absolute Gasteiger partial charge is 0.309 e. The number of nitrogens with one attached hydrogen (secondary N) is 1. The van der Waals surface area contributed by atoms with Crippen molar-refractivity contribution in [2.24, 2.45) is 11.8 Å². The maximum Gasteiger partial charge on any atom is 0.309 e. The average Bonchev–Trinajstić information content (AvgIpc) is 3.22. The third kappa shape index (κ3) is 3.49. The van der Waals surface area contributed by atoms with Crippen LogP contribution in [0, 0.1) is 11.8 Å². The molecule has 0 radical (unpaired) electrons. The minimum absolute atomic E-state index is 0.00174. The number of carbonyl (C=O) groups excluding carboxylic acids is 1. The molecule has 3 rings (SSSR count). The highest BCUT2D eigenvalue weighted by Crippen LogP contribution is 2.38. The minimum atomic E-state index is -0.205. The Morgan fingerprint density at radius 2 is 2.05 bits per heavy atom. The first-order valence-corrected chi connectivity index (χ1v) is 7.11. The first-order valence-electron chi connectivity index (χ1n) is 7.11. The predicted octanol–water partition coefficient (Wildman–Crippen LogP) is 1.90. The Morgan fingerprint density at radius 3 is 2.73 bits per heavy atom. The number of esters is 1. The molecular weight excluding hydrogens is 282 g/mol. The molecule has 2 aromatic rings. The number of nitrogen functional groups attached to an aromatic ring is 1. The Balaban J connectivity index is 1.66. The molecule has 3 N–H and O–H groups in total. The van der Waals surface area contributed by atoms with Gasteiger partial charge in [-0.25, -0.2) is 0 Å². The summed E-state index contributed by atoms with van der Waals surface area (Å²) >= 11 is 0. The Bertz CT molecular complexity index is 677. The molecule has 1 aliphatic carbocycles. The average molecular weight is 299 g/mol. The molecule has 0 aliphatic heterocycles. The molecule has 1 aromatic heterocycles. The Hall–Kier alpha value is -2.70. The van der Waals surface area contributed by atoms with Crippen LogP contribution in [-0.2, 0) is 16.1 Å². The van der Waals surface area contributed by atoms with Gasteiger partial charge in [-0.1, -0.05) is 25.1 Å². The standard InChI is InChI=1S/C15H17N5O2/c1-9-7-11(9)13(21)22-8-12-18-14(16)20-15(19-12)17-10-5-3-2-4-6-10/h2-6,9,11H,7-8H2,1H3,(H3,16,17,18,19,20)/t9-,11-/m1/s1. The molecule has 114 valence electrons. The number of nitrogens with zero attached hydrogens (tertiary/aromatic N) is 3. The van der Waals surface area contributed by atoms with Crippen molar-refractivity contribution in [3.05, 3.63) is 36.2 Å². The topological polar surface area (TPSA) is 103 Å². The summed E-state index contributed by atoms with van der Waals surface area (Å²) in [5.41, 5.74) is 6.51. The molecule has 0 amide bonds. The molecule has 22 heavy (non-hydrogen) atoms. The van der Waals surface area contributed by atoms with E-state index in [2.05, 4.69) is 20.3 Å². The largest absolute Gasteiger partial charge is 0.457 e. The lowest BCUT2D eigenvalue weighted by molar-refractivity contribution is -0.147. The lowest BCUT2D eigenvalue weighted by Crippen LogP contribution is -2.12. The highest BCUT2D eigenvalue weighted by Gasteiger charge is 2.40. The third-order valence-electron chi connectivity index (χ3n) is 3.48. The molecule has 1 aromatic carbocycles. The molecule has 0 bridgehead atoms. The molecule has 7 nitrogen and oxygen atoms in total. The number of benzene rings is 1. The van der Waals surface area contributed by atoms with Gasteiger partial charge in [-0.15, -0.1) is 0 Å². The lowest BCUT2D eigenvalue weighted by atomic mass is 10.3. The monoisotopic (exact) mass is 299 g/mol. The van der Waals surface area contributed by atoms with Gasteiger partial charge in [0.25, 0.3) is 0 Å². The van der Waals surface area contributed by atoms with Gasteiger partial charge in [0, 0.05) is 5.69 Å². The summed E-state index contributed by atoms with van der Waals surface area (Å²) < 4.78 is 5.21. The van der Waals surface area contributed by atoms with Crippen LogP contribution in [0.1, 0.15) is 19.2 Å².